The fourth-order valence-corrected chi connectivity index (χ4v) is 11.5. The minimum absolute atomic E-state index is 0. The molecule has 14 nitrogen and oxygen atoms in total. The van der Waals surface area contributed by atoms with Crippen LogP contribution in [0, 0.1) is 78.9 Å². The lowest BCUT2D eigenvalue weighted by molar-refractivity contribution is -0.144. The van der Waals surface area contributed by atoms with Crippen LogP contribution >= 0.6 is 13.5 Å². The first-order valence-corrected chi connectivity index (χ1v) is 32.1. The van der Waals surface area contributed by atoms with Crippen LogP contribution in [0.5, 0.6) is 0 Å². The number of hydrogen-bond donors (Lipinski definition) is 2. The molecule has 4 atom stereocenters. The Hall–Kier alpha value is -7.05. The van der Waals surface area contributed by atoms with Gasteiger partial charge in [0, 0.05) is 61.6 Å². The molecular weight excluding hydrogens is 1180 g/mol. The van der Waals surface area contributed by atoms with Crippen molar-refractivity contribution in [2.75, 3.05) is 54.5 Å². The smallest absolute Gasteiger partial charge is 0.326 e. The standard InChI is InChI=1S/C38H51FN2O4.C20H24FNO2.C17H28N2O3.H2S/c1-10-45-36(44)22-30(32-20-31(18-28(7)38(32)39)37-25(4)12-11-13-26(37)5)21-34(42)33(15-14-24(2)3)41-23-29(16-17-40(8)9)27(6)19-35(41)43;1-5-24-18(23)11-17(22)16-10-15(9-14(4)20(16)21)19-12(2)7-6-8-13(19)3;1-12(2)6-7-15(17(21)22)19-11-14(8-9-18(4)5)13(3)10-16(19)20;/h11-13,18-20,23-24,30,33H,10,14-17,21-22H2,1-9H3;6-10,17H,5,11,22H2,1-4H3;10-12,15H,6-9H2,1-5H3,(H,21,22);1H2/t30-,33?;17-;;/m00../s1. The molecule has 6 rings (SSSR count). The van der Waals surface area contributed by atoms with Gasteiger partial charge in [0.1, 0.15) is 17.7 Å². The molecule has 2 aromatic heterocycles. The van der Waals surface area contributed by atoms with Crippen molar-refractivity contribution in [1.82, 2.24) is 18.9 Å². The van der Waals surface area contributed by atoms with Gasteiger partial charge >= 0.3 is 17.9 Å². The minimum atomic E-state index is -0.940. The van der Waals surface area contributed by atoms with Crippen LogP contribution in [0.1, 0.15) is 177 Å². The number of aliphatic carboxylic acids is 1. The fourth-order valence-electron chi connectivity index (χ4n) is 11.5. The maximum Gasteiger partial charge on any atom is 0.326 e. The Morgan fingerprint density at radius 2 is 0.913 bits per heavy atom. The Bertz CT molecular complexity index is 3530. The number of ether oxygens (including phenoxy) is 2. The number of Topliss-reactive ketones (excluding diaryl/α,β-unsaturated/α-hetero) is 1. The van der Waals surface area contributed by atoms with E-state index in [1.807, 2.05) is 124 Å². The summed E-state index contributed by atoms with van der Waals surface area (Å²) in [5.74, 6) is -2.84. The van der Waals surface area contributed by atoms with E-state index in [9.17, 15) is 38.3 Å². The zero-order chi connectivity index (χ0) is 68.1. The molecule has 504 valence electrons. The molecule has 2 heterocycles. The normalized spacial score (nSPS) is 12.5. The second-order valence-corrected chi connectivity index (χ2v) is 25.8. The van der Waals surface area contributed by atoms with Crippen molar-refractivity contribution in [2.45, 2.75) is 179 Å². The summed E-state index contributed by atoms with van der Waals surface area (Å²) >= 11 is 0. The zero-order valence-corrected chi connectivity index (χ0v) is 59.1. The number of hydrogen-bond acceptors (Lipinski definition) is 11. The van der Waals surface area contributed by atoms with E-state index >= 15 is 4.39 Å². The van der Waals surface area contributed by atoms with Gasteiger partial charge in [0.05, 0.1) is 32.1 Å². The number of carbonyl (C=O) groups is 4. The number of carboxylic acids is 1. The van der Waals surface area contributed by atoms with E-state index in [0.717, 1.165) is 106 Å². The second kappa shape index (κ2) is 37.6. The first-order valence-electron chi connectivity index (χ1n) is 32.1. The van der Waals surface area contributed by atoms with Gasteiger partial charge in [-0.15, -0.1) is 0 Å². The summed E-state index contributed by atoms with van der Waals surface area (Å²) in [4.78, 5) is 80.1. The van der Waals surface area contributed by atoms with Gasteiger partial charge in [-0.3, -0.25) is 24.0 Å². The number of aryl methyl sites for hydroxylation is 8. The number of nitrogens with two attached hydrogens (primary N) is 1. The molecule has 6 aromatic rings. The number of carboxylic acid groups (broad SMARTS) is 1. The lowest BCUT2D eigenvalue weighted by Crippen LogP contribution is -2.32. The topological polar surface area (TPSA) is 183 Å². The Kier molecular flexibility index (Phi) is 32.4. The van der Waals surface area contributed by atoms with Gasteiger partial charge in [0.25, 0.3) is 11.1 Å². The predicted molar refractivity (Wildman–Crippen MR) is 374 cm³/mol. The van der Waals surface area contributed by atoms with Gasteiger partial charge in [-0.25, -0.2) is 13.6 Å². The SMILES string of the molecule is CCOC(=O)C[C@H](CC(=O)C(CCC(C)C)n1cc(CCN(C)C)c(C)cc1=O)c1cc(-c2c(C)cccc2C)cc(C)c1F.CCOC(=O)C[C@H](N)c1cc(-c2c(C)cccc2C)cc(C)c1F.Cc1cc(=O)n(C(CCC(C)C)C(=O)O)cc1CCN(C)C.S. The first kappa shape index (κ1) is 79.2. The highest BCUT2D eigenvalue weighted by Crippen LogP contribution is 2.38. The molecule has 0 amide bonds. The molecule has 17 heteroatoms. The molecule has 0 aliphatic rings. The van der Waals surface area contributed by atoms with Gasteiger partial charge in [-0.05, 0) is 256 Å². The molecule has 0 bridgehead atoms. The monoisotopic (exact) mass is 1290 g/mol. The summed E-state index contributed by atoms with van der Waals surface area (Å²) in [5.41, 5.74) is 19.3. The lowest BCUT2D eigenvalue weighted by atomic mass is 9.84. The number of carbonyl (C=O) groups excluding carboxylic acids is 3. The van der Waals surface area contributed by atoms with Crippen LogP contribution in [0.25, 0.3) is 22.3 Å². The Labute approximate surface area is 553 Å². The van der Waals surface area contributed by atoms with Crippen LogP contribution in [0.4, 0.5) is 8.78 Å². The summed E-state index contributed by atoms with van der Waals surface area (Å²) in [6, 6.07) is 20.2. The Morgan fingerprint density at radius 1 is 0.533 bits per heavy atom. The average Bonchev–Trinajstić information content (AvgIpc) is 0.811. The molecule has 0 saturated heterocycles. The third-order valence-corrected chi connectivity index (χ3v) is 16.6. The number of rotatable bonds is 28. The van der Waals surface area contributed by atoms with Crippen molar-refractivity contribution in [3.05, 3.63) is 184 Å². The van der Waals surface area contributed by atoms with Crippen LogP contribution in [0.3, 0.4) is 0 Å². The fraction of sp³-hybridized carbons (Fsp3) is 0.493. The van der Waals surface area contributed by atoms with Gasteiger partial charge in [0.15, 0.2) is 5.78 Å². The van der Waals surface area contributed by atoms with E-state index in [-0.39, 0.29) is 68.7 Å². The summed E-state index contributed by atoms with van der Waals surface area (Å²) in [5, 5.41) is 9.47. The van der Waals surface area contributed by atoms with Gasteiger partial charge in [-0.2, -0.15) is 13.5 Å². The zero-order valence-electron chi connectivity index (χ0n) is 58.1. The number of halogens is 2. The molecule has 4 aromatic carbocycles. The summed E-state index contributed by atoms with van der Waals surface area (Å²) < 4.78 is 43.7. The van der Waals surface area contributed by atoms with Crippen LogP contribution in [-0.4, -0.2) is 102 Å². The first-order chi connectivity index (χ1) is 42.8. The summed E-state index contributed by atoms with van der Waals surface area (Å²) in [6.45, 7) is 29.2. The van der Waals surface area contributed by atoms with Crippen molar-refractivity contribution in [3.8, 4) is 22.3 Å². The van der Waals surface area contributed by atoms with Crippen molar-refractivity contribution in [3.63, 3.8) is 0 Å². The van der Waals surface area contributed by atoms with Gasteiger partial charge < -0.3 is 39.2 Å². The van der Waals surface area contributed by atoms with Crippen LogP contribution < -0.4 is 16.9 Å². The van der Waals surface area contributed by atoms with Gasteiger partial charge in [-0.1, -0.05) is 64.1 Å². The van der Waals surface area contributed by atoms with E-state index in [2.05, 4.69) is 37.5 Å². The highest BCUT2D eigenvalue weighted by atomic mass is 32.1. The lowest BCUT2D eigenvalue weighted by Gasteiger charge is -2.25. The molecule has 0 fully saturated rings. The second-order valence-electron chi connectivity index (χ2n) is 25.8. The summed E-state index contributed by atoms with van der Waals surface area (Å²) in [7, 11) is 7.99. The average molecular weight is 1290 g/mol. The number of likely N-dealkylation sites (N-methyl/N-ethyl adjacent to an activating group) is 2. The highest BCUT2D eigenvalue weighted by Gasteiger charge is 2.31. The van der Waals surface area contributed by atoms with Crippen molar-refractivity contribution in [2.24, 2.45) is 17.6 Å². The number of benzene rings is 4. The number of nitrogens with zero attached hydrogens (tertiary/aromatic N) is 4. The quantitative estimate of drug-likeness (QED) is 0.0444. The predicted octanol–water partition coefficient (Wildman–Crippen LogP) is 14.5. The van der Waals surface area contributed by atoms with Crippen molar-refractivity contribution < 1.29 is 42.5 Å². The Balaban J connectivity index is 0.000000395. The third kappa shape index (κ3) is 23.2. The van der Waals surface area contributed by atoms with E-state index in [4.69, 9.17) is 15.2 Å². The van der Waals surface area contributed by atoms with Crippen LogP contribution in [0.15, 0.2) is 94.8 Å². The molecule has 0 aliphatic carbocycles. The number of esters is 2. The van der Waals surface area contributed by atoms with E-state index in [0.29, 0.717) is 46.9 Å². The number of pyridine rings is 2. The minimum Gasteiger partial charge on any atom is -0.480 e. The number of aromatic nitrogens is 2. The molecule has 0 spiro atoms. The third-order valence-electron chi connectivity index (χ3n) is 16.6. The molecule has 0 aliphatic heterocycles. The molecule has 2 unspecified atom stereocenters. The highest BCUT2D eigenvalue weighted by molar-refractivity contribution is 7.59. The molecule has 0 radical (unpaired) electrons. The van der Waals surface area contributed by atoms with E-state index in [1.165, 1.54) is 4.57 Å². The largest absolute Gasteiger partial charge is 0.480 e. The van der Waals surface area contributed by atoms with E-state index < -0.39 is 47.8 Å². The maximum absolute atomic E-state index is 16.0. The molecular formula is C75H105F2N5O9S. The van der Waals surface area contributed by atoms with E-state index in [1.54, 1.807) is 62.7 Å². The van der Waals surface area contributed by atoms with Crippen LogP contribution in [0.2, 0.25) is 0 Å². The summed E-state index contributed by atoms with van der Waals surface area (Å²) in [6.07, 6.45) is 7.30. The Morgan fingerprint density at radius 3 is 1.30 bits per heavy atom. The van der Waals surface area contributed by atoms with Gasteiger partial charge in [0.2, 0.25) is 0 Å². The molecule has 3 N–H and O–H groups in total. The maximum atomic E-state index is 16.0. The van der Waals surface area contributed by atoms with Crippen molar-refractivity contribution in [1.29, 1.82) is 0 Å². The number of ketones is 1. The molecule has 0 saturated carbocycles. The van der Waals surface area contributed by atoms with Crippen molar-refractivity contribution >= 4 is 37.2 Å². The van der Waals surface area contributed by atoms with Crippen LogP contribution in [-0.2, 0) is 41.5 Å². The molecule has 92 heavy (non-hydrogen) atoms.